The summed E-state index contributed by atoms with van der Waals surface area (Å²) in [7, 11) is 1.59. The minimum atomic E-state index is 0.120. The van der Waals surface area contributed by atoms with Gasteiger partial charge in [-0.15, -0.1) is 0 Å². The molecule has 0 amide bonds. The number of hydrogen-bond donors (Lipinski definition) is 2. The van der Waals surface area contributed by atoms with E-state index in [1.165, 1.54) is 5.57 Å². The third-order valence-electron chi connectivity index (χ3n) is 2.31. The van der Waals surface area contributed by atoms with Crippen LogP contribution >= 0.6 is 12.2 Å². The quantitative estimate of drug-likeness (QED) is 0.364. The van der Waals surface area contributed by atoms with Gasteiger partial charge in [0.05, 0.1) is 13.3 Å². The summed E-state index contributed by atoms with van der Waals surface area (Å²) in [5.41, 5.74) is 9.82. The Labute approximate surface area is 124 Å². The largest absolute Gasteiger partial charge is 0.493 e. The number of benzene rings is 1. The van der Waals surface area contributed by atoms with Crippen LogP contribution in [0.2, 0.25) is 0 Å². The third-order valence-corrected chi connectivity index (χ3v) is 2.40. The molecule has 20 heavy (non-hydrogen) atoms. The lowest BCUT2D eigenvalue weighted by molar-refractivity contribution is 0.325. The molecule has 0 bridgehead atoms. The lowest BCUT2D eigenvalue weighted by Crippen LogP contribution is -2.23. The van der Waals surface area contributed by atoms with Crippen LogP contribution in [0.15, 0.2) is 34.9 Å². The van der Waals surface area contributed by atoms with E-state index < -0.39 is 0 Å². The molecule has 0 atom stereocenters. The minimum absolute atomic E-state index is 0.120. The highest BCUT2D eigenvalue weighted by Gasteiger charge is 2.04. The van der Waals surface area contributed by atoms with Gasteiger partial charge in [-0.3, -0.25) is 5.43 Å². The summed E-state index contributed by atoms with van der Waals surface area (Å²) in [6.07, 6.45) is 3.60. The van der Waals surface area contributed by atoms with Crippen molar-refractivity contribution in [2.24, 2.45) is 10.8 Å². The molecule has 0 fully saturated rings. The average Bonchev–Trinajstić information content (AvgIpc) is 2.39. The number of allylic oxidation sites excluding steroid dienone is 1. The van der Waals surface area contributed by atoms with Crippen molar-refractivity contribution in [2.75, 3.05) is 13.7 Å². The fourth-order valence-corrected chi connectivity index (χ4v) is 1.40. The lowest BCUT2D eigenvalue weighted by atomic mass is 10.2. The molecule has 0 aliphatic heterocycles. The lowest BCUT2D eigenvalue weighted by Gasteiger charge is -2.10. The number of ether oxygens (including phenoxy) is 2. The van der Waals surface area contributed by atoms with Crippen LogP contribution in [0, 0.1) is 0 Å². The predicted molar refractivity (Wildman–Crippen MR) is 85.4 cm³/mol. The Morgan fingerprint density at radius 1 is 1.40 bits per heavy atom. The fraction of sp³-hybridized carbons (Fsp3) is 0.286. The van der Waals surface area contributed by atoms with Crippen LogP contribution in [0.4, 0.5) is 0 Å². The van der Waals surface area contributed by atoms with Crippen LogP contribution in [0.3, 0.4) is 0 Å². The van der Waals surface area contributed by atoms with E-state index in [1.54, 1.807) is 13.3 Å². The van der Waals surface area contributed by atoms with Crippen molar-refractivity contribution in [3.8, 4) is 11.5 Å². The zero-order valence-corrected chi connectivity index (χ0v) is 12.7. The highest BCUT2D eigenvalue weighted by molar-refractivity contribution is 7.80. The molecule has 1 aromatic carbocycles. The Morgan fingerprint density at radius 2 is 2.15 bits per heavy atom. The van der Waals surface area contributed by atoms with E-state index in [1.807, 2.05) is 38.1 Å². The Bertz CT molecular complexity index is 523. The number of nitrogens with two attached hydrogens (primary N) is 1. The third kappa shape index (κ3) is 5.71. The molecule has 0 aromatic heterocycles. The molecule has 0 aliphatic carbocycles. The number of hydrazone groups is 1. The van der Waals surface area contributed by atoms with E-state index in [2.05, 4.69) is 22.7 Å². The standard InChI is InChI=1S/C14H19N3O2S/c1-10(2)6-7-19-12-5-4-11(8-13(12)18-3)9-16-17-14(15)20/h4-6,8-9H,7H2,1-3H3,(H3,15,17,20). The first-order valence-corrected chi connectivity index (χ1v) is 6.46. The van der Waals surface area contributed by atoms with Gasteiger partial charge in [-0.1, -0.05) is 5.57 Å². The minimum Gasteiger partial charge on any atom is -0.493 e. The van der Waals surface area contributed by atoms with E-state index in [-0.39, 0.29) is 5.11 Å². The molecule has 0 saturated carbocycles. The first kappa shape index (κ1) is 16.0. The molecule has 5 nitrogen and oxygen atoms in total. The normalized spacial score (nSPS) is 10.2. The van der Waals surface area contributed by atoms with Gasteiger partial charge in [0.15, 0.2) is 16.6 Å². The summed E-state index contributed by atoms with van der Waals surface area (Å²) in [5.74, 6) is 1.33. The van der Waals surface area contributed by atoms with Gasteiger partial charge in [0.1, 0.15) is 6.61 Å². The zero-order valence-electron chi connectivity index (χ0n) is 11.8. The summed E-state index contributed by atoms with van der Waals surface area (Å²) in [5, 5.41) is 4.00. The molecule has 6 heteroatoms. The molecular formula is C14H19N3O2S. The zero-order chi connectivity index (χ0) is 15.0. The maximum atomic E-state index is 5.63. The predicted octanol–water partition coefficient (Wildman–Crippen LogP) is 2.21. The summed E-state index contributed by atoms with van der Waals surface area (Å²) >= 11 is 4.65. The van der Waals surface area contributed by atoms with Crippen LogP contribution in [-0.2, 0) is 0 Å². The molecular weight excluding hydrogens is 274 g/mol. The highest BCUT2D eigenvalue weighted by atomic mass is 32.1. The van der Waals surface area contributed by atoms with Crippen molar-refractivity contribution < 1.29 is 9.47 Å². The number of hydrogen-bond acceptors (Lipinski definition) is 4. The van der Waals surface area contributed by atoms with Crippen LogP contribution in [0.5, 0.6) is 11.5 Å². The second-order valence-electron chi connectivity index (χ2n) is 4.24. The van der Waals surface area contributed by atoms with Gasteiger partial charge in [0, 0.05) is 0 Å². The molecule has 0 radical (unpaired) electrons. The molecule has 0 spiro atoms. The average molecular weight is 293 g/mol. The fourth-order valence-electron chi connectivity index (χ4n) is 1.35. The number of rotatable bonds is 6. The SMILES string of the molecule is COc1cc(C=NNC(N)=S)ccc1OCC=C(C)C. The van der Waals surface area contributed by atoms with Gasteiger partial charge in [0.2, 0.25) is 0 Å². The molecule has 108 valence electrons. The number of thiocarbonyl (C=S) groups is 1. The summed E-state index contributed by atoms with van der Waals surface area (Å²) in [6.45, 7) is 4.55. The smallest absolute Gasteiger partial charge is 0.184 e. The molecule has 3 N–H and O–H groups in total. The molecule has 1 aromatic rings. The Balaban J connectivity index is 2.77. The number of nitrogens with one attached hydrogen (secondary N) is 1. The Kier molecular flexibility index (Phi) is 6.52. The first-order valence-electron chi connectivity index (χ1n) is 6.05. The van der Waals surface area contributed by atoms with Crippen molar-refractivity contribution in [1.29, 1.82) is 0 Å². The van der Waals surface area contributed by atoms with Crippen molar-refractivity contribution in [1.82, 2.24) is 5.43 Å². The Morgan fingerprint density at radius 3 is 2.75 bits per heavy atom. The first-order chi connectivity index (χ1) is 9.52. The number of nitrogens with zero attached hydrogens (tertiary/aromatic N) is 1. The summed E-state index contributed by atoms with van der Waals surface area (Å²) < 4.78 is 10.9. The maximum absolute atomic E-state index is 5.63. The van der Waals surface area contributed by atoms with E-state index in [0.29, 0.717) is 18.1 Å². The van der Waals surface area contributed by atoms with Crippen molar-refractivity contribution in [3.63, 3.8) is 0 Å². The Hall–Kier alpha value is -2.08. The van der Waals surface area contributed by atoms with E-state index in [4.69, 9.17) is 15.2 Å². The van der Waals surface area contributed by atoms with E-state index in [9.17, 15) is 0 Å². The second kappa shape index (κ2) is 8.16. The molecule has 1 rings (SSSR count). The molecule has 0 heterocycles. The van der Waals surface area contributed by atoms with Crippen LogP contribution < -0.4 is 20.6 Å². The van der Waals surface area contributed by atoms with Crippen LogP contribution in [0.1, 0.15) is 19.4 Å². The van der Waals surface area contributed by atoms with Gasteiger partial charge in [-0.2, -0.15) is 5.10 Å². The van der Waals surface area contributed by atoms with Gasteiger partial charge in [-0.05, 0) is 55.9 Å². The van der Waals surface area contributed by atoms with Crippen molar-refractivity contribution in [3.05, 3.63) is 35.4 Å². The van der Waals surface area contributed by atoms with Crippen molar-refractivity contribution >= 4 is 23.5 Å². The topological polar surface area (TPSA) is 68.9 Å². The van der Waals surface area contributed by atoms with E-state index in [0.717, 1.165) is 5.56 Å². The second-order valence-corrected chi connectivity index (χ2v) is 4.68. The van der Waals surface area contributed by atoms with Gasteiger partial charge < -0.3 is 15.2 Å². The maximum Gasteiger partial charge on any atom is 0.184 e. The monoisotopic (exact) mass is 293 g/mol. The highest BCUT2D eigenvalue weighted by Crippen LogP contribution is 2.27. The molecule has 0 saturated heterocycles. The van der Waals surface area contributed by atoms with Crippen LogP contribution in [-0.4, -0.2) is 25.0 Å². The van der Waals surface area contributed by atoms with Gasteiger partial charge in [-0.25, -0.2) is 0 Å². The van der Waals surface area contributed by atoms with Crippen molar-refractivity contribution in [2.45, 2.75) is 13.8 Å². The molecule has 0 unspecified atom stereocenters. The summed E-state index contributed by atoms with van der Waals surface area (Å²) in [6, 6.07) is 5.52. The van der Waals surface area contributed by atoms with E-state index >= 15 is 0 Å². The number of methoxy groups -OCH3 is 1. The summed E-state index contributed by atoms with van der Waals surface area (Å²) in [4.78, 5) is 0. The molecule has 0 aliphatic rings. The van der Waals surface area contributed by atoms with Gasteiger partial charge in [0.25, 0.3) is 0 Å². The van der Waals surface area contributed by atoms with Crippen LogP contribution in [0.25, 0.3) is 0 Å². The van der Waals surface area contributed by atoms with Gasteiger partial charge >= 0.3 is 0 Å².